The van der Waals surface area contributed by atoms with Crippen LogP contribution in [0.25, 0.3) is 0 Å². The molecule has 0 aromatic carbocycles. The lowest BCUT2D eigenvalue weighted by atomic mass is 10.1. The van der Waals surface area contributed by atoms with Crippen LogP contribution in [0.15, 0.2) is 6.07 Å². The van der Waals surface area contributed by atoms with Gasteiger partial charge in [0.1, 0.15) is 17.5 Å². The van der Waals surface area contributed by atoms with Crippen molar-refractivity contribution in [1.82, 2.24) is 9.97 Å². The Morgan fingerprint density at radius 1 is 1.19 bits per heavy atom. The fraction of sp³-hybridized carbons (Fsp3) is 0.765. The van der Waals surface area contributed by atoms with E-state index < -0.39 is 0 Å². The van der Waals surface area contributed by atoms with Gasteiger partial charge in [-0.3, -0.25) is 0 Å². The van der Waals surface area contributed by atoms with Crippen molar-refractivity contribution in [3.8, 4) is 0 Å². The largest absolute Gasteiger partial charge is 0.370 e. The highest BCUT2D eigenvalue weighted by Gasteiger charge is 2.19. The van der Waals surface area contributed by atoms with Crippen LogP contribution in [0.4, 0.5) is 11.6 Å². The number of hydrogen-bond donors (Lipinski definition) is 1. The van der Waals surface area contributed by atoms with Crippen molar-refractivity contribution < 1.29 is 0 Å². The van der Waals surface area contributed by atoms with E-state index in [2.05, 4.69) is 49.1 Å². The zero-order chi connectivity index (χ0) is 15.2. The summed E-state index contributed by atoms with van der Waals surface area (Å²) in [5, 5.41) is 3.34. The number of nitrogens with one attached hydrogen (secondary N) is 1. The van der Waals surface area contributed by atoms with E-state index in [4.69, 9.17) is 4.98 Å². The van der Waals surface area contributed by atoms with Crippen LogP contribution in [0.1, 0.15) is 71.0 Å². The molecule has 0 radical (unpaired) electrons. The maximum absolute atomic E-state index is 4.80. The number of hydrogen-bond acceptors (Lipinski definition) is 4. The molecule has 0 saturated heterocycles. The second-order valence-corrected chi connectivity index (χ2v) is 6.41. The molecule has 2 rings (SSSR count). The van der Waals surface area contributed by atoms with E-state index in [0.29, 0.717) is 12.0 Å². The fourth-order valence-corrected chi connectivity index (χ4v) is 3.00. The Morgan fingerprint density at radius 3 is 2.43 bits per heavy atom. The van der Waals surface area contributed by atoms with E-state index in [1.807, 2.05) is 0 Å². The minimum absolute atomic E-state index is 0.352. The van der Waals surface area contributed by atoms with Gasteiger partial charge in [0.15, 0.2) is 0 Å². The average molecular weight is 290 g/mol. The lowest BCUT2D eigenvalue weighted by molar-refractivity contribution is 0.547. The quantitative estimate of drug-likeness (QED) is 0.826. The van der Waals surface area contributed by atoms with Gasteiger partial charge in [0.05, 0.1) is 0 Å². The first-order valence-electron chi connectivity index (χ1n) is 8.47. The first-order chi connectivity index (χ1) is 10.1. The summed E-state index contributed by atoms with van der Waals surface area (Å²) < 4.78 is 0. The average Bonchev–Trinajstić information content (AvgIpc) is 2.75. The SMILES string of the molecule is CCNc1cc(N(C)C2CCCCCC2)nc(C(C)C)n1. The highest BCUT2D eigenvalue weighted by Crippen LogP contribution is 2.26. The molecule has 1 heterocycles. The molecule has 1 aromatic rings. The summed E-state index contributed by atoms with van der Waals surface area (Å²) in [6.07, 6.45) is 8.03. The third-order valence-electron chi connectivity index (χ3n) is 4.34. The molecular formula is C17H30N4. The molecule has 1 aromatic heterocycles. The highest BCUT2D eigenvalue weighted by atomic mass is 15.2. The minimum atomic E-state index is 0.352. The Labute approximate surface area is 129 Å². The van der Waals surface area contributed by atoms with Crippen molar-refractivity contribution in [1.29, 1.82) is 0 Å². The number of anilines is 2. The Hall–Kier alpha value is -1.32. The fourth-order valence-electron chi connectivity index (χ4n) is 3.00. The molecule has 4 heteroatoms. The van der Waals surface area contributed by atoms with E-state index in [0.717, 1.165) is 24.0 Å². The van der Waals surface area contributed by atoms with Gasteiger partial charge in [-0.05, 0) is 19.8 Å². The van der Waals surface area contributed by atoms with Crippen LogP contribution in [-0.4, -0.2) is 29.6 Å². The van der Waals surface area contributed by atoms with Crippen LogP contribution in [0.5, 0.6) is 0 Å². The second kappa shape index (κ2) is 7.62. The van der Waals surface area contributed by atoms with Gasteiger partial charge < -0.3 is 10.2 Å². The molecule has 0 bridgehead atoms. The van der Waals surface area contributed by atoms with E-state index in [-0.39, 0.29) is 0 Å². The zero-order valence-electron chi connectivity index (χ0n) is 14.0. The summed E-state index contributed by atoms with van der Waals surface area (Å²) in [7, 11) is 2.19. The number of nitrogens with zero attached hydrogens (tertiary/aromatic N) is 3. The van der Waals surface area contributed by atoms with Crippen molar-refractivity contribution in [3.63, 3.8) is 0 Å². The third kappa shape index (κ3) is 4.32. The first-order valence-corrected chi connectivity index (χ1v) is 8.47. The van der Waals surface area contributed by atoms with E-state index >= 15 is 0 Å². The predicted molar refractivity (Wildman–Crippen MR) is 90.2 cm³/mol. The molecule has 0 atom stereocenters. The molecule has 1 aliphatic carbocycles. The summed E-state index contributed by atoms with van der Waals surface area (Å²) in [6.45, 7) is 7.30. The Balaban J connectivity index is 2.23. The van der Waals surface area contributed by atoms with Gasteiger partial charge in [-0.25, -0.2) is 9.97 Å². The third-order valence-corrected chi connectivity index (χ3v) is 4.34. The minimum Gasteiger partial charge on any atom is -0.370 e. The summed E-state index contributed by atoms with van der Waals surface area (Å²) >= 11 is 0. The topological polar surface area (TPSA) is 41.0 Å². The maximum Gasteiger partial charge on any atom is 0.135 e. The van der Waals surface area contributed by atoms with Gasteiger partial charge in [0, 0.05) is 31.6 Å². The molecule has 0 spiro atoms. The smallest absolute Gasteiger partial charge is 0.135 e. The summed E-state index contributed by atoms with van der Waals surface area (Å²) in [5.74, 6) is 3.30. The van der Waals surface area contributed by atoms with Crippen molar-refractivity contribution in [2.24, 2.45) is 0 Å². The molecule has 1 fully saturated rings. The first kappa shape index (κ1) is 16.1. The van der Waals surface area contributed by atoms with Gasteiger partial charge in [-0.1, -0.05) is 39.5 Å². The predicted octanol–water partition coefficient (Wildman–Crippen LogP) is 4.19. The molecule has 4 nitrogen and oxygen atoms in total. The van der Waals surface area contributed by atoms with Crippen LogP contribution < -0.4 is 10.2 Å². The van der Waals surface area contributed by atoms with E-state index in [1.165, 1.54) is 38.5 Å². The van der Waals surface area contributed by atoms with Crippen LogP contribution in [0.2, 0.25) is 0 Å². The van der Waals surface area contributed by atoms with Gasteiger partial charge in [-0.15, -0.1) is 0 Å². The normalized spacial score (nSPS) is 16.8. The summed E-state index contributed by atoms with van der Waals surface area (Å²) in [5.41, 5.74) is 0. The molecule has 0 aliphatic heterocycles. The molecule has 0 unspecified atom stereocenters. The van der Waals surface area contributed by atoms with Crippen molar-refractivity contribution in [2.75, 3.05) is 23.8 Å². The molecule has 1 saturated carbocycles. The lowest BCUT2D eigenvalue weighted by Crippen LogP contribution is -2.32. The van der Waals surface area contributed by atoms with Crippen LogP contribution >= 0.6 is 0 Å². The van der Waals surface area contributed by atoms with Crippen LogP contribution in [-0.2, 0) is 0 Å². The molecule has 1 N–H and O–H groups in total. The Kier molecular flexibility index (Phi) is 5.83. The molecule has 1 aliphatic rings. The zero-order valence-corrected chi connectivity index (χ0v) is 14.0. The highest BCUT2D eigenvalue weighted by molar-refractivity contribution is 5.50. The summed E-state index contributed by atoms with van der Waals surface area (Å²) in [4.78, 5) is 11.8. The van der Waals surface area contributed by atoms with Gasteiger partial charge >= 0.3 is 0 Å². The lowest BCUT2D eigenvalue weighted by Gasteiger charge is -2.29. The van der Waals surface area contributed by atoms with Crippen LogP contribution in [0, 0.1) is 0 Å². The van der Waals surface area contributed by atoms with Crippen molar-refractivity contribution in [2.45, 2.75) is 71.3 Å². The van der Waals surface area contributed by atoms with Crippen molar-refractivity contribution >= 4 is 11.6 Å². The Morgan fingerprint density at radius 2 is 1.86 bits per heavy atom. The van der Waals surface area contributed by atoms with Crippen molar-refractivity contribution in [3.05, 3.63) is 11.9 Å². The van der Waals surface area contributed by atoms with Gasteiger partial charge in [-0.2, -0.15) is 0 Å². The second-order valence-electron chi connectivity index (χ2n) is 6.41. The molecule has 21 heavy (non-hydrogen) atoms. The number of rotatable bonds is 5. The number of aromatic nitrogens is 2. The van der Waals surface area contributed by atoms with E-state index in [1.54, 1.807) is 0 Å². The molecule has 0 amide bonds. The van der Waals surface area contributed by atoms with E-state index in [9.17, 15) is 0 Å². The van der Waals surface area contributed by atoms with Crippen LogP contribution in [0.3, 0.4) is 0 Å². The molecule has 118 valence electrons. The standard InChI is InChI=1S/C17H30N4/c1-5-18-15-12-16(20-17(19-15)13(2)3)21(4)14-10-8-6-7-9-11-14/h12-14H,5-11H2,1-4H3,(H,18,19,20). The summed E-state index contributed by atoms with van der Waals surface area (Å²) in [6, 6.07) is 2.72. The monoisotopic (exact) mass is 290 g/mol. The van der Waals surface area contributed by atoms with Gasteiger partial charge in [0.2, 0.25) is 0 Å². The molecular weight excluding hydrogens is 260 g/mol. The van der Waals surface area contributed by atoms with Gasteiger partial charge in [0.25, 0.3) is 0 Å². The Bertz CT molecular complexity index is 436. The maximum atomic E-state index is 4.80.